The minimum Gasteiger partial charge on any atom is -0.484 e. The lowest BCUT2D eigenvalue weighted by atomic mass is 9.94. The summed E-state index contributed by atoms with van der Waals surface area (Å²) in [5, 5.41) is 0. The molecule has 3 nitrogen and oxygen atoms in total. The van der Waals surface area contributed by atoms with E-state index in [1.54, 1.807) is 6.20 Å². The van der Waals surface area contributed by atoms with Gasteiger partial charge in [-0.3, -0.25) is 4.98 Å². The molecule has 19 heavy (non-hydrogen) atoms. The highest BCUT2D eigenvalue weighted by Gasteiger charge is 2.27. The molecule has 0 saturated heterocycles. The van der Waals surface area contributed by atoms with Gasteiger partial charge in [0.15, 0.2) is 0 Å². The van der Waals surface area contributed by atoms with Crippen LogP contribution in [-0.2, 0) is 0 Å². The lowest BCUT2D eigenvalue weighted by Crippen LogP contribution is -2.24. The molecule has 1 aromatic heterocycles. The fourth-order valence-corrected chi connectivity index (χ4v) is 2.62. The van der Waals surface area contributed by atoms with Crippen LogP contribution in [0.1, 0.15) is 35.4 Å². The molecule has 0 fully saturated rings. The van der Waals surface area contributed by atoms with Crippen LogP contribution in [0, 0.1) is 6.92 Å². The number of nitrogens with zero attached hydrogens (tertiary/aromatic N) is 1. The number of hydrogen-bond donors (Lipinski definition) is 1. The lowest BCUT2D eigenvalue weighted by Gasteiger charge is -2.30. The van der Waals surface area contributed by atoms with E-state index < -0.39 is 0 Å². The van der Waals surface area contributed by atoms with Crippen LogP contribution in [0.3, 0.4) is 0 Å². The first-order valence-corrected chi connectivity index (χ1v) is 7.07. The Bertz CT molecular complexity index is 598. The highest BCUT2D eigenvalue weighted by Crippen LogP contribution is 2.39. The summed E-state index contributed by atoms with van der Waals surface area (Å²) >= 11 is 3.39. The molecule has 2 N–H and O–H groups in total. The van der Waals surface area contributed by atoms with Gasteiger partial charge in [-0.2, -0.15) is 0 Å². The van der Waals surface area contributed by atoms with Crippen LogP contribution >= 0.6 is 15.9 Å². The van der Waals surface area contributed by atoms with Crippen molar-refractivity contribution < 1.29 is 4.74 Å². The van der Waals surface area contributed by atoms with E-state index in [9.17, 15) is 0 Å². The molecule has 2 heterocycles. The van der Waals surface area contributed by atoms with E-state index in [1.807, 2.05) is 24.3 Å². The molecule has 0 radical (unpaired) electrons. The molecule has 2 aromatic rings. The van der Waals surface area contributed by atoms with Gasteiger partial charge in [0.05, 0.1) is 5.69 Å². The Balaban J connectivity index is 1.92. The van der Waals surface area contributed by atoms with Crippen molar-refractivity contribution in [3.05, 3.63) is 57.8 Å². The van der Waals surface area contributed by atoms with Crippen molar-refractivity contribution in [2.45, 2.75) is 25.5 Å². The number of pyridine rings is 1. The summed E-state index contributed by atoms with van der Waals surface area (Å²) in [6.45, 7) is 2.06. The molecule has 2 atom stereocenters. The summed E-state index contributed by atoms with van der Waals surface area (Å²) in [6.07, 6.45) is 2.47. The van der Waals surface area contributed by atoms with Crippen molar-refractivity contribution >= 4 is 15.9 Å². The summed E-state index contributed by atoms with van der Waals surface area (Å²) in [7, 11) is 0. The standard InChI is InChI=1S/C15H15BrN2O/c1-9-2-5-14-11(6-9)12(17)7-15(19-14)13-4-3-10(16)8-18-13/h2-6,8,12,15H,7,17H2,1H3/t12-,15?/m0/s1. The van der Waals surface area contributed by atoms with Gasteiger partial charge in [0.25, 0.3) is 0 Å². The van der Waals surface area contributed by atoms with Gasteiger partial charge >= 0.3 is 0 Å². The number of nitrogens with two attached hydrogens (primary N) is 1. The van der Waals surface area contributed by atoms with Crippen molar-refractivity contribution in [3.8, 4) is 5.75 Å². The van der Waals surface area contributed by atoms with E-state index in [4.69, 9.17) is 10.5 Å². The second kappa shape index (κ2) is 4.94. The number of aromatic nitrogens is 1. The van der Waals surface area contributed by atoms with Gasteiger partial charge in [-0.1, -0.05) is 17.7 Å². The average molecular weight is 319 g/mol. The van der Waals surface area contributed by atoms with Gasteiger partial charge in [-0.15, -0.1) is 0 Å². The van der Waals surface area contributed by atoms with Crippen LogP contribution in [0.25, 0.3) is 0 Å². The fourth-order valence-electron chi connectivity index (χ4n) is 2.38. The first kappa shape index (κ1) is 12.6. The van der Waals surface area contributed by atoms with Gasteiger partial charge in [0, 0.05) is 28.7 Å². The molecule has 1 aliphatic rings. The highest BCUT2D eigenvalue weighted by molar-refractivity contribution is 9.10. The minimum atomic E-state index is -0.0710. The third-order valence-corrected chi connectivity index (χ3v) is 3.85. The lowest BCUT2D eigenvalue weighted by molar-refractivity contribution is 0.157. The molecule has 3 rings (SSSR count). The van der Waals surface area contributed by atoms with Crippen LogP contribution in [0.15, 0.2) is 41.0 Å². The van der Waals surface area contributed by atoms with E-state index in [1.165, 1.54) is 5.56 Å². The van der Waals surface area contributed by atoms with Gasteiger partial charge in [-0.05, 0) is 41.1 Å². The number of ether oxygens (including phenoxy) is 1. The summed E-state index contributed by atoms with van der Waals surface area (Å²) in [5.74, 6) is 0.874. The Morgan fingerprint density at radius 1 is 1.32 bits per heavy atom. The Hall–Kier alpha value is -1.39. The maximum atomic E-state index is 6.26. The zero-order chi connectivity index (χ0) is 13.4. The SMILES string of the molecule is Cc1ccc2c(c1)[C@@H](N)CC(c1ccc(Br)cn1)O2. The second-order valence-electron chi connectivity index (χ2n) is 4.89. The maximum Gasteiger partial charge on any atom is 0.142 e. The Morgan fingerprint density at radius 3 is 2.89 bits per heavy atom. The molecular formula is C15H15BrN2O. The molecule has 98 valence electrons. The third kappa shape index (κ3) is 2.51. The van der Waals surface area contributed by atoms with Crippen molar-refractivity contribution in [2.24, 2.45) is 5.73 Å². The fraction of sp³-hybridized carbons (Fsp3) is 0.267. The van der Waals surface area contributed by atoms with Crippen molar-refractivity contribution in [2.75, 3.05) is 0 Å². The molecule has 0 aliphatic carbocycles. The predicted octanol–water partition coefficient (Wildman–Crippen LogP) is 3.68. The van der Waals surface area contributed by atoms with Gasteiger partial charge < -0.3 is 10.5 Å². The number of benzene rings is 1. The summed E-state index contributed by atoms with van der Waals surface area (Å²) in [6, 6.07) is 10.1. The summed E-state index contributed by atoms with van der Waals surface area (Å²) in [4.78, 5) is 4.40. The van der Waals surface area contributed by atoms with Gasteiger partial charge in [-0.25, -0.2) is 0 Å². The van der Waals surface area contributed by atoms with E-state index in [0.717, 1.165) is 27.9 Å². The van der Waals surface area contributed by atoms with Crippen molar-refractivity contribution in [1.82, 2.24) is 4.98 Å². The molecule has 1 unspecified atom stereocenters. The topological polar surface area (TPSA) is 48.1 Å². The summed E-state index contributed by atoms with van der Waals surface area (Å²) < 4.78 is 6.99. The molecule has 0 amide bonds. The second-order valence-corrected chi connectivity index (χ2v) is 5.81. The number of aryl methyl sites for hydroxylation is 1. The van der Waals surface area contributed by atoms with Gasteiger partial charge in [0.2, 0.25) is 0 Å². The summed E-state index contributed by atoms with van der Waals surface area (Å²) in [5.41, 5.74) is 9.47. The molecular weight excluding hydrogens is 304 g/mol. The smallest absolute Gasteiger partial charge is 0.142 e. The maximum absolute atomic E-state index is 6.26. The third-order valence-electron chi connectivity index (χ3n) is 3.38. The number of rotatable bonds is 1. The van der Waals surface area contributed by atoms with Crippen molar-refractivity contribution in [1.29, 1.82) is 0 Å². The Morgan fingerprint density at radius 2 is 2.16 bits per heavy atom. The predicted molar refractivity (Wildman–Crippen MR) is 78.0 cm³/mol. The van der Waals surface area contributed by atoms with Crippen LogP contribution in [0.5, 0.6) is 5.75 Å². The zero-order valence-corrected chi connectivity index (χ0v) is 12.2. The Kier molecular flexibility index (Phi) is 3.29. The van der Waals surface area contributed by atoms with E-state index in [-0.39, 0.29) is 12.1 Å². The Labute approximate surface area is 120 Å². The van der Waals surface area contributed by atoms with Crippen molar-refractivity contribution in [3.63, 3.8) is 0 Å². The monoisotopic (exact) mass is 318 g/mol. The van der Waals surface area contributed by atoms with E-state index in [0.29, 0.717) is 0 Å². The van der Waals surface area contributed by atoms with Crippen LogP contribution in [0.2, 0.25) is 0 Å². The first-order chi connectivity index (χ1) is 9.13. The number of hydrogen-bond acceptors (Lipinski definition) is 3. The average Bonchev–Trinajstić information content (AvgIpc) is 2.40. The molecule has 0 bridgehead atoms. The zero-order valence-electron chi connectivity index (χ0n) is 10.6. The number of fused-ring (bicyclic) bond motifs is 1. The molecule has 0 spiro atoms. The molecule has 1 aromatic carbocycles. The van der Waals surface area contributed by atoms with Gasteiger partial charge in [0.1, 0.15) is 11.9 Å². The molecule has 1 aliphatic heterocycles. The number of halogens is 1. The molecule has 4 heteroatoms. The van der Waals surface area contributed by atoms with Crippen LogP contribution < -0.4 is 10.5 Å². The quantitative estimate of drug-likeness (QED) is 0.872. The van der Waals surface area contributed by atoms with E-state index >= 15 is 0 Å². The highest BCUT2D eigenvalue weighted by atomic mass is 79.9. The normalized spacial score (nSPS) is 21.6. The van der Waals surface area contributed by atoms with Crippen LogP contribution in [-0.4, -0.2) is 4.98 Å². The van der Waals surface area contributed by atoms with Crippen LogP contribution in [0.4, 0.5) is 0 Å². The largest absolute Gasteiger partial charge is 0.484 e. The first-order valence-electron chi connectivity index (χ1n) is 6.28. The van der Waals surface area contributed by atoms with E-state index in [2.05, 4.69) is 33.9 Å². The minimum absolute atomic E-state index is 0.000836. The molecule has 0 saturated carbocycles.